The maximum absolute atomic E-state index is 11.9. The lowest BCUT2D eigenvalue weighted by Gasteiger charge is -2.15. The molecule has 122 valence electrons. The number of aryl methyl sites for hydroxylation is 2. The maximum Gasteiger partial charge on any atom is 0.253 e. The normalized spacial score (nSPS) is 15.5. The van der Waals surface area contributed by atoms with E-state index in [1.807, 2.05) is 37.4 Å². The minimum atomic E-state index is -1.03. The highest BCUT2D eigenvalue weighted by Crippen LogP contribution is 2.33. The van der Waals surface area contributed by atoms with Crippen molar-refractivity contribution in [2.45, 2.75) is 24.7 Å². The van der Waals surface area contributed by atoms with Crippen LogP contribution in [0.5, 0.6) is 0 Å². The number of aromatic nitrogens is 1. The lowest BCUT2D eigenvalue weighted by Crippen LogP contribution is -2.18. The first-order valence-electron chi connectivity index (χ1n) is 7.84. The van der Waals surface area contributed by atoms with Gasteiger partial charge in [0.1, 0.15) is 6.26 Å². The molecule has 0 spiro atoms. The fraction of sp³-hybridized carbons (Fsp3) is 0.389. The standard InChI is InChI=1S/C18H22N2O2S/c1-12-8-14(11-20(2)18(12)21)16-9-15(23(3)22)6-7-17(16)19-10-13-4-5-13/h6-9,11,13,19H,4-5,10H2,1-3H3. The Morgan fingerprint density at radius 1 is 1.35 bits per heavy atom. The van der Waals surface area contributed by atoms with E-state index in [2.05, 4.69) is 5.32 Å². The second-order valence-corrected chi connectivity index (χ2v) is 7.69. The van der Waals surface area contributed by atoms with Crippen LogP contribution in [-0.4, -0.2) is 21.9 Å². The molecule has 1 aliphatic rings. The van der Waals surface area contributed by atoms with Crippen molar-refractivity contribution in [3.8, 4) is 11.1 Å². The van der Waals surface area contributed by atoms with Gasteiger partial charge in [0.2, 0.25) is 0 Å². The second kappa shape index (κ2) is 6.42. The monoisotopic (exact) mass is 330 g/mol. The van der Waals surface area contributed by atoms with Crippen LogP contribution in [0, 0.1) is 12.8 Å². The van der Waals surface area contributed by atoms with Crippen molar-refractivity contribution in [1.82, 2.24) is 4.57 Å². The summed E-state index contributed by atoms with van der Waals surface area (Å²) >= 11 is -1.03. The fourth-order valence-electron chi connectivity index (χ4n) is 2.70. The summed E-state index contributed by atoms with van der Waals surface area (Å²) in [6.45, 7) is 2.79. The quantitative estimate of drug-likeness (QED) is 0.858. The first-order chi connectivity index (χ1) is 11.0. The number of anilines is 1. The van der Waals surface area contributed by atoms with Crippen molar-refractivity contribution >= 4 is 16.9 Å². The maximum atomic E-state index is 11.9. The van der Waals surface area contributed by atoms with Crippen LogP contribution >= 0.6 is 0 Å². The zero-order chi connectivity index (χ0) is 16.6. The van der Waals surface area contributed by atoms with Gasteiger partial charge in [-0.3, -0.25) is 4.79 Å². The van der Waals surface area contributed by atoms with Crippen LogP contribution in [0.15, 0.2) is 40.2 Å². The van der Waals surface area contributed by atoms with Crippen LogP contribution < -0.4 is 10.9 Å². The van der Waals surface area contributed by atoms with E-state index in [1.54, 1.807) is 17.9 Å². The van der Waals surface area contributed by atoms with Crippen molar-refractivity contribution in [3.63, 3.8) is 0 Å². The average Bonchev–Trinajstić information content (AvgIpc) is 3.34. The predicted molar refractivity (Wildman–Crippen MR) is 95.4 cm³/mol. The van der Waals surface area contributed by atoms with E-state index in [0.717, 1.165) is 34.2 Å². The van der Waals surface area contributed by atoms with Gasteiger partial charge >= 0.3 is 0 Å². The van der Waals surface area contributed by atoms with Crippen molar-refractivity contribution in [3.05, 3.63) is 46.4 Å². The molecule has 0 radical (unpaired) electrons. The SMILES string of the molecule is Cc1cc(-c2cc([S+](C)[O-])ccc2NCC2CC2)cn(C)c1=O. The number of pyridine rings is 1. The van der Waals surface area contributed by atoms with Gasteiger partial charge < -0.3 is 14.4 Å². The molecule has 0 saturated heterocycles. The van der Waals surface area contributed by atoms with Crippen LogP contribution in [0.25, 0.3) is 11.1 Å². The molecule has 1 aliphatic carbocycles. The summed E-state index contributed by atoms with van der Waals surface area (Å²) < 4.78 is 13.4. The molecular weight excluding hydrogens is 308 g/mol. The number of rotatable bonds is 5. The van der Waals surface area contributed by atoms with E-state index >= 15 is 0 Å². The van der Waals surface area contributed by atoms with Gasteiger partial charge in [-0.15, -0.1) is 0 Å². The minimum Gasteiger partial charge on any atom is -0.612 e. The van der Waals surface area contributed by atoms with Crippen LogP contribution in [0.2, 0.25) is 0 Å². The molecule has 0 aliphatic heterocycles. The third kappa shape index (κ3) is 3.62. The molecule has 2 aromatic rings. The van der Waals surface area contributed by atoms with Gasteiger partial charge in [-0.05, 0) is 55.1 Å². The van der Waals surface area contributed by atoms with Crippen molar-refractivity contribution in [2.75, 3.05) is 18.1 Å². The first kappa shape index (κ1) is 16.1. The van der Waals surface area contributed by atoms with Crippen molar-refractivity contribution < 1.29 is 4.55 Å². The summed E-state index contributed by atoms with van der Waals surface area (Å²) in [6.07, 6.45) is 6.11. The highest BCUT2D eigenvalue weighted by molar-refractivity contribution is 7.90. The summed E-state index contributed by atoms with van der Waals surface area (Å²) in [7, 11) is 1.76. The molecule has 23 heavy (non-hydrogen) atoms. The number of benzene rings is 1. The molecule has 3 rings (SSSR count). The highest BCUT2D eigenvalue weighted by atomic mass is 32.2. The Morgan fingerprint density at radius 2 is 2.09 bits per heavy atom. The summed E-state index contributed by atoms with van der Waals surface area (Å²) in [6, 6.07) is 7.77. The van der Waals surface area contributed by atoms with Crippen molar-refractivity contribution in [2.24, 2.45) is 13.0 Å². The molecule has 1 heterocycles. The third-order valence-corrected chi connectivity index (χ3v) is 5.19. The average molecular weight is 330 g/mol. The number of nitrogens with one attached hydrogen (secondary N) is 1. The van der Waals surface area contributed by atoms with Gasteiger partial charge in [-0.2, -0.15) is 0 Å². The van der Waals surface area contributed by atoms with Gasteiger partial charge in [-0.25, -0.2) is 0 Å². The molecule has 1 aromatic carbocycles. The number of nitrogens with zero attached hydrogens (tertiary/aromatic N) is 1. The predicted octanol–water partition coefficient (Wildman–Crippen LogP) is 2.92. The van der Waals surface area contributed by atoms with Crippen LogP contribution in [0.1, 0.15) is 18.4 Å². The highest BCUT2D eigenvalue weighted by Gasteiger charge is 2.21. The summed E-state index contributed by atoms with van der Waals surface area (Å²) in [5, 5.41) is 3.51. The number of hydrogen-bond acceptors (Lipinski definition) is 3. The molecule has 1 atom stereocenters. The van der Waals surface area contributed by atoms with Gasteiger partial charge in [0.05, 0.1) is 0 Å². The fourth-order valence-corrected chi connectivity index (χ4v) is 3.24. The Kier molecular flexibility index (Phi) is 4.50. The Balaban J connectivity index is 2.05. The minimum absolute atomic E-state index is 0.0106. The van der Waals surface area contributed by atoms with E-state index < -0.39 is 11.2 Å². The largest absolute Gasteiger partial charge is 0.612 e. The van der Waals surface area contributed by atoms with Crippen molar-refractivity contribution in [1.29, 1.82) is 0 Å². The molecule has 4 nitrogen and oxygen atoms in total. The lowest BCUT2D eigenvalue weighted by molar-refractivity contribution is 0.601. The molecule has 0 bridgehead atoms. The summed E-state index contributed by atoms with van der Waals surface area (Å²) in [5.74, 6) is 0.768. The Bertz CT molecular complexity index is 753. The molecule has 0 amide bonds. The smallest absolute Gasteiger partial charge is 0.253 e. The van der Waals surface area contributed by atoms with Gasteiger partial charge in [0.25, 0.3) is 5.56 Å². The molecule has 1 aromatic heterocycles. The molecule has 1 fully saturated rings. The van der Waals surface area contributed by atoms with Crippen LogP contribution in [0.4, 0.5) is 5.69 Å². The Hall–Kier alpha value is -1.72. The van der Waals surface area contributed by atoms with Crippen LogP contribution in [0.3, 0.4) is 0 Å². The Labute approximate surface area is 139 Å². The zero-order valence-corrected chi connectivity index (χ0v) is 14.6. The summed E-state index contributed by atoms with van der Waals surface area (Å²) in [5.41, 5.74) is 3.72. The lowest BCUT2D eigenvalue weighted by atomic mass is 10.0. The second-order valence-electron chi connectivity index (χ2n) is 6.31. The van der Waals surface area contributed by atoms with E-state index in [0.29, 0.717) is 5.56 Å². The Morgan fingerprint density at radius 3 is 2.70 bits per heavy atom. The van der Waals surface area contributed by atoms with E-state index in [-0.39, 0.29) is 5.56 Å². The molecule has 1 N–H and O–H groups in total. The molecule has 1 unspecified atom stereocenters. The molecule has 5 heteroatoms. The molecular formula is C18H22N2O2S. The topological polar surface area (TPSA) is 57.1 Å². The number of hydrogen-bond donors (Lipinski definition) is 1. The van der Waals surface area contributed by atoms with Gasteiger partial charge in [0.15, 0.2) is 4.90 Å². The van der Waals surface area contributed by atoms with E-state index in [4.69, 9.17) is 0 Å². The van der Waals surface area contributed by atoms with Gasteiger partial charge in [0, 0.05) is 48.2 Å². The third-order valence-electron chi connectivity index (χ3n) is 4.27. The van der Waals surface area contributed by atoms with Gasteiger partial charge in [-0.1, -0.05) is 0 Å². The first-order valence-corrected chi connectivity index (χ1v) is 9.40. The molecule has 1 saturated carbocycles. The van der Waals surface area contributed by atoms with E-state index in [1.165, 1.54) is 12.8 Å². The zero-order valence-electron chi connectivity index (χ0n) is 13.8. The summed E-state index contributed by atoms with van der Waals surface area (Å²) in [4.78, 5) is 12.7. The van der Waals surface area contributed by atoms with Crippen LogP contribution in [-0.2, 0) is 18.2 Å². The van der Waals surface area contributed by atoms with E-state index in [9.17, 15) is 9.35 Å².